The van der Waals surface area contributed by atoms with Gasteiger partial charge in [0.2, 0.25) is 0 Å². The molecule has 0 radical (unpaired) electrons. The molecular weight excluding hydrogens is 172 g/mol. The van der Waals surface area contributed by atoms with Crippen LogP contribution >= 0.6 is 11.6 Å². The summed E-state index contributed by atoms with van der Waals surface area (Å²) in [5.41, 5.74) is 1.08. The van der Waals surface area contributed by atoms with E-state index in [1.807, 2.05) is 19.9 Å². The number of alkyl halides is 1. The highest BCUT2D eigenvalue weighted by atomic mass is 35.5. The molecule has 0 fully saturated rings. The molecule has 0 bridgehead atoms. The number of hydrogen-bond acceptors (Lipinski definition) is 2. The molecule has 1 atom stereocenters. The highest BCUT2D eigenvalue weighted by molar-refractivity contribution is 6.20. The highest BCUT2D eigenvalue weighted by Gasteiger charge is 1.99. The summed E-state index contributed by atoms with van der Waals surface area (Å²) >= 11 is 5.82. The molecule has 0 N–H and O–H groups in total. The highest BCUT2D eigenvalue weighted by Crippen LogP contribution is 2.06. The molecule has 1 heterocycles. The van der Waals surface area contributed by atoms with Gasteiger partial charge in [-0.05, 0) is 32.8 Å². The topological polar surface area (TPSA) is 25.8 Å². The maximum atomic E-state index is 5.82. The van der Waals surface area contributed by atoms with Crippen molar-refractivity contribution in [2.45, 2.75) is 32.1 Å². The Hall–Kier alpha value is -0.630. The van der Waals surface area contributed by atoms with E-state index in [0.717, 1.165) is 24.4 Å². The van der Waals surface area contributed by atoms with Crippen LogP contribution < -0.4 is 0 Å². The fourth-order valence-corrected chi connectivity index (χ4v) is 1.10. The maximum Gasteiger partial charge on any atom is 0.125 e. The maximum absolute atomic E-state index is 5.82. The second-order valence-electron chi connectivity index (χ2n) is 2.91. The number of rotatable bonds is 3. The number of hydrogen-bond donors (Lipinski definition) is 0. The summed E-state index contributed by atoms with van der Waals surface area (Å²) in [6.07, 6.45) is 3.70. The van der Waals surface area contributed by atoms with Gasteiger partial charge in [-0.15, -0.1) is 11.6 Å². The summed E-state index contributed by atoms with van der Waals surface area (Å²) in [5.74, 6) is 0.828. The van der Waals surface area contributed by atoms with E-state index in [4.69, 9.17) is 11.6 Å². The van der Waals surface area contributed by atoms with Gasteiger partial charge in [-0.3, -0.25) is 0 Å². The van der Waals surface area contributed by atoms with Gasteiger partial charge in [0.1, 0.15) is 5.82 Å². The average molecular weight is 185 g/mol. The average Bonchev–Trinajstić information content (AvgIpc) is 2.01. The molecule has 0 aromatic carbocycles. The first kappa shape index (κ1) is 9.46. The van der Waals surface area contributed by atoms with Crippen LogP contribution in [0.2, 0.25) is 0 Å². The summed E-state index contributed by atoms with van der Waals surface area (Å²) in [6, 6.07) is 1.94. The third-order valence-corrected chi connectivity index (χ3v) is 1.85. The van der Waals surface area contributed by atoms with Crippen LogP contribution in [0.25, 0.3) is 0 Å². The van der Waals surface area contributed by atoms with Crippen molar-refractivity contribution < 1.29 is 0 Å². The van der Waals surface area contributed by atoms with Crippen LogP contribution in [-0.4, -0.2) is 15.3 Å². The van der Waals surface area contributed by atoms with Crippen molar-refractivity contribution in [2.75, 3.05) is 0 Å². The molecule has 0 aliphatic heterocycles. The lowest BCUT2D eigenvalue weighted by Crippen LogP contribution is -1.98. The zero-order valence-electron chi connectivity index (χ0n) is 7.42. The van der Waals surface area contributed by atoms with Crippen molar-refractivity contribution in [3.05, 3.63) is 23.8 Å². The monoisotopic (exact) mass is 184 g/mol. The second-order valence-corrected chi connectivity index (χ2v) is 3.66. The summed E-state index contributed by atoms with van der Waals surface area (Å²) in [4.78, 5) is 8.30. The van der Waals surface area contributed by atoms with E-state index in [1.54, 1.807) is 6.20 Å². The Morgan fingerprint density at radius 1 is 1.58 bits per heavy atom. The van der Waals surface area contributed by atoms with Gasteiger partial charge in [0.05, 0.1) is 0 Å². The molecule has 2 nitrogen and oxygen atoms in total. The molecule has 0 amide bonds. The molecule has 0 saturated carbocycles. The first-order chi connectivity index (χ1) is 5.68. The largest absolute Gasteiger partial charge is 0.242 e. The van der Waals surface area contributed by atoms with E-state index in [0.29, 0.717) is 0 Å². The van der Waals surface area contributed by atoms with Crippen molar-refractivity contribution in [3.8, 4) is 0 Å². The van der Waals surface area contributed by atoms with Gasteiger partial charge in [-0.2, -0.15) is 0 Å². The molecule has 0 saturated heterocycles. The van der Waals surface area contributed by atoms with Crippen LogP contribution in [0.3, 0.4) is 0 Å². The summed E-state index contributed by atoms with van der Waals surface area (Å²) < 4.78 is 0. The molecule has 1 unspecified atom stereocenters. The molecule has 1 rings (SSSR count). The number of aromatic nitrogens is 2. The number of halogens is 1. The molecular formula is C9H13ClN2. The van der Waals surface area contributed by atoms with Gasteiger partial charge in [0.15, 0.2) is 0 Å². The van der Waals surface area contributed by atoms with E-state index in [1.165, 1.54) is 0 Å². The van der Waals surface area contributed by atoms with Crippen molar-refractivity contribution in [1.29, 1.82) is 0 Å². The molecule has 0 aliphatic rings. The zero-order chi connectivity index (χ0) is 8.97. The van der Waals surface area contributed by atoms with Gasteiger partial charge in [0.25, 0.3) is 0 Å². The van der Waals surface area contributed by atoms with Crippen molar-refractivity contribution >= 4 is 11.6 Å². The van der Waals surface area contributed by atoms with Crippen LogP contribution in [0, 0.1) is 6.92 Å². The Balaban J connectivity index is 2.52. The normalized spacial score (nSPS) is 12.9. The number of aryl methyl sites for hydroxylation is 2. The van der Waals surface area contributed by atoms with Gasteiger partial charge < -0.3 is 0 Å². The summed E-state index contributed by atoms with van der Waals surface area (Å²) in [5, 5.41) is 0.222. The molecule has 0 aliphatic carbocycles. The Kier molecular flexibility index (Phi) is 3.48. The molecule has 12 heavy (non-hydrogen) atoms. The van der Waals surface area contributed by atoms with Crippen LogP contribution in [0.1, 0.15) is 24.9 Å². The van der Waals surface area contributed by atoms with E-state index < -0.39 is 0 Å². The molecule has 1 aromatic heterocycles. The minimum absolute atomic E-state index is 0.222. The molecule has 1 aromatic rings. The minimum atomic E-state index is 0.222. The minimum Gasteiger partial charge on any atom is -0.242 e. The fourth-order valence-electron chi connectivity index (χ4n) is 0.991. The second kappa shape index (κ2) is 4.41. The predicted molar refractivity (Wildman–Crippen MR) is 50.4 cm³/mol. The lowest BCUT2D eigenvalue weighted by atomic mass is 10.2. The van der Waals surface area contributed by atoms with Gasteiger partial charge in [-0.1, -0.05) is 0 Å². The summed E-state index contributed by atoms with van der Waals surface area (Å²) in [7, 11) is 0. The molecule has 3 heteroatoms. The lowest BCUT2D eigenvalue weighted by molar-refractivity contribution is 0.774. The summed E-state index contributed by atoms with van der Waals surface area (Å²) in [6.45, 7) is 3.89. The zero-order valence-corrected chi connectivity index (χ0v) is 8.17. The van der Waals surface area contributed by atoms with Crippen LogP contribution in [0.4, 0.5) is 0 Å². The van der Waals surface area contributed by atoms with Crippen molar-refractivity contribution in [3.63, 3.8) is 0 Å². The van der Waals surface area contributed by atoms with Crippen LogP contribution in [-0.2, 0) is 6.42 Å². The van der Waals surface area contributed by atoms with Crippen LogP contribution in [0.5, 0.6) is 0 Å². The van der Waals surface area contributed by atoms with Crippen molar-refractivity contribution in [1.82, 2.24) is 9.97 Å². The van der Waals surface area contributed by atoms with E-state index >= 15 is 0 Å². The Morgan fingerprint density at radius 2 is 2.33 bits per heavy atom. The van der Waals surface area contributed by atoms with Crippen molar-refractivity contribution in [2.24, 2.45) is 0 Å². The molecule has 66 valence electrons. The quantitative estimate of drug-likeness (QED) is 0.674. The fraction of sp³-hybridized carbons (Fsp3) is 0.556. The van der Waals surface area contributed by atoms with E-state index in [-0.39, 0.29) is 5.38 Å². The first-order valence-electron chi connectivity index (χ1n) is 4.11. The SMILES string of the molecule is Cc1nccc(CCC(C)Cl)n1. The number of nitrogens with zero attached hydrogens (tertiary/aromatic N) is 2. The third-order valence-electron chi connectivity index (χ3n) is 1.63. The third kappa shape index (κ3) is 3.18. The standard InChI is InChI=1S/C9H13ClN2/c1-7(10)3-4-9-5-6-11-8(2)12-9/h5-7H,3-4H2,1-2H3. The predicted octanol–water partition coefficient (Wildman–Crippen LogP) is 2.34. The van der Waals surface area contributed by atoms with E-state index in [2.05, 4.69) is 9.97 Å². The smallest absolute Gasteiger partial charge is 0.125 e. The Labute approximate surface area is 78.0 Å². The van der Waals surface area contributed by atoms with Gasteiger partial charge in [0, 0.05) is 17.3 Å². The Morgan fingerprint density at radius 3 is 2.92 bits per heavy atom. The molecule has 0 spiro atoms. The van der Waals surface area contributed by atoms with Crippen LogP contribution in [0.15, 0.2) is 12.3 Å². The van der Waals surface area contributed by atoms with E-state index in [9.17, 15) is 0 Å². The Bertz CT molecular complexity index is 248. The van der Waals surface area contributed by atoms with Gasteiger partial charge >= 0.3 is 0 Å². The first-order valence-corrected chi connectivity index (χ1v) is 4.54. The lowest BCUT2D eigenvalue weighted by Gasteiger charge is -2.02. The van der Waals surface area contributed by atoms with Gasteiger partial charge in [-0.25, -0.2) is 9.97 Å².